The fourth-order valence-electron chi connectivity index (χ4n) is 0.644. The first-order chi connectivity index (χ1) is 5.72. The molecule has 0 aromatic carbocycles. The first-order valence-corrected chi connectivity index (χ1v) is 5.29. The van der Waals surface area contributed by atoms with Crippen LogP contribution in [0.4, 0.5) is 0 Å². The fourth-order valence-corrected chi connectivity index (χ4v) is 1.35. The van der Waals surface area contributed by atoms with E-state index in [-0.39, 0.29) is 0 Å². The van der Waals surface area contributed by atoms with E-state index in [1.54, 1.807) is 11.8 Å². The van der Waals surface area contributed by atoms with Crippen LogP contribution in [-0.4, -0.2) is 15.4 Å². The van der Waals surface area contributed by atoms with Crippen molar-refractivity contribution in [3.05, 3.63) is 11.7 Å². The predicted molar refractivity (Wildman–Crippen MR) is 50.3 cm³/mol. The Bertz CT molecular complexity index is 239. The molecule has 0 saturated heterocycles. The number of rotatable bonds is 4. The molecule has 1 rings (SSSR count). The zero-order valence-electron chi connectivity index (χ0n) is 7.08. The van der Waals surface area contributed by atoms with E-state index in [4.69, 9.17) is 16.1 Å². The smallest absolute Gasteiger partial charge is 0.241 e. The van der Waals surface area contributed by atoms with Crippen molar-refractivity contribution in [1.82, 2.24) is 10.1 Å². The molecule has 1 aromatic rings. The number of aromatic nitrogens is 2. The molecule has 0 N–H and O–H groups in total. The minimum absolute atomic E-state index is 0.291. The summed E-state index contributed by atoms with van der Waals surface area (Å²) in [5.41, 5.74) is 0. The van der Waals surface area contributed by atoms with E-state index in [9.17, 15) is 0 Å². The van der Waals surface area contributed by atoms with Gasteiger partial charge in [-0.3, -0.25) is 0 Å². The van der Waals surface area contributed by atoms with E-state index in [1.807, 2.05) is 0 Å². The van der Waals surface area contributed by atoms with Gasteiger partial charge in [-0.05, 0) is 5.25 Å². The lowest BCUT2D eigenvalue weighted by atomic mass is 10.6. The molecule has 0 spiro atoms. The van der Waals surface area contributed by atoms with Gasteiger partial charge in [0.2, 0.25) is 5.89 Å². The van der Waals surface area contributed by atoms with Gasteiger partial charge in [-0.1, -0.05) is 19.0 Å². The fraction of sp³-hybridized carbons (Fsp3) is 0.714. The largest absolute Gasteiger partial charge is 0.338 e. The summed E-state index contributed by atoms with van der Waals surface area (Å²) in [5, 5.41) is 4.35. The van der Waals surface area contributed by atoms with Crippen LogP contribution in [0, 0.1) is 0 Å². The number of halogens is 1. The van der Waals surface area contributed by atoms with Crippen LogP contribution in [-0.2, 0) is 11.6 Å². The van der Waals surface area contributed by atoms with Crippen LogP contribution < -0.4 is 0 Å². The maximum absolute atomic E-state index is 5.50. The maximum atomic E-state index is 5.50. The molecule has 0 amide bonds. The van der Waals surface area contributed by atoms with E-state index in [1.165, 1.54) is 0 Å². The lowest BCUT2D eigenvalue weighted by molar-refractivity contribution is 0.386. The lowest BCUT2D eigenvalue weighted by Crippen LogP contribution is -1.90. The molecular formula is C7H11ClN2OS. The van der Waals surface area contributed by atoms with Crippen LogP contribution in [0.3, 0.4) is 0 Å². The Hall–Kier alpha value is -0.220. The third kappa shape index (κ3) is 3.03. The molecule has 0 radical (unpaired) electrons. The number of nitrogens with zero attached hydrogens (tertiary/aromatic N) is 2. The SMILES string of the molecule is CC(C)SCc1noc(CCl)n1. The van der Waals surface area contributed by atoms with Gasteiger partial charge in [0.25, 0.3) is 0 Å². The van der Waals surface area contributed by atoms with Gasteiger partial charge in [-0.25, -0.2) is 0 Å². The Balaban J connectivity index is 2.41. The van der Waals surface area contributed by atoms with E-state index >= 15 is 0 Å². The van der Waals surface area contributed by atoms with Gasteiger partial charge >= 0.3 is 0 Å². The summed E-state index contributed by atoms with van der Waals surface area (Å²) >= 11 is 7.28. The number of hydrogen-bond donors (Lipinski definition) is 0. The van der Waals surface area contributed by atoms with Crippen molar-refractivity contribution in [3.8, 4) is 0 Å². The molecule has 3 nitrogen and oxygen atoms in total. The van der Waals surface area contributed by atoms with Gasteiger partial charge in [0.15, 0.2) is 5.82 Å². The van der Waals surface area contributed by atoms with Gasteiger partial charge in [-0.15, -0.1) is 11.6 Å². The highest BCUT2D eigenvalue weighted by Gasteiger charge is 2.05. The molecule has 0 fully saturated rings. The number of alkyl halides is 1. The number of hydrogen-bond acceptors (Lipinski definition) is 4. The highest BCUT2D eigenvalue weighted by molar-refractivity contribution is 7.99. The highest BCUT2D eigenvalue weighted by atomic mass is 35.5. The van der Waals surface area contributed by atoms with Gasteiger partial charge in [-0.2, -0.15) is 16.7 Å². The Morgan fingerprint density at radius 3 is 2.83 bits per heavy atom. The highest BCUT2D eigenvalue weighted by Crippen LogP contribution is 2.14. The summed E-state index contributed by atoms with van der Waals surface area (Å²) in [4.78, 5) is 4.07. The van der Waals surface area contributed by atoms with Gasteiger partial charge < -0.3 is 4.52 Å². The maximum Gasteiger partial charge on any atom is 0.241 e. The first-order valence-electron chi connectivity index (χ1n) is 3.71. The summed E-state index contributed by atoms with van der Waals surface area (Å²) in [6, 6.07) is 0. The van der Waals surface area contributed by atoms with Gasteiger partial charge in [0, 0.05) is 0 Å². The predicted octanol–water partition coefficient (Wildman–Crippen LogP) is 2.45. The van der Waals surface area contributed by atoms with Crippen molar-refractivity contribution in [2.45, 2.75) is 30.7 Å². The second kappa shape index (κ2) is 4.72. The molecular weight excluding hydrogens is 196 g/mol. The van der Waals surface area contributed by atoms with Crippen molar-refractivity contribution in [3.63, 3.8) is 0 Å². The summed E-state index contributed by atoms with van der Waals surface area (Å²) in [6.07, 6.45) is 0. The number of thioether (sulfide) groups is 1. The summed E-state index contributed by atoms with van der Waals surface area (Å²) in [6.45, 7) is 4.26. The molecule has 0 aliphatic rings. The summed E-state index contributed by atoms with van der Waals surface area (Å²) in [5.74, 6) is 2.30. The molecule has 1 heterocycles. The molecule has 5 heteroatoms. The Morgan fingerprint density at radius 1 is 1.58 bits per heavy atom. The van der Waals surface area contributed by atoms with E-state index in [0.29, 0.717) is 17.0 Å². The molecule has 68 valence electrons. The molecule has 0 saturated carbocycles. The second-order valence-electron chi connectivity index (χ2n) is 2.60. The van der Waals surface area contributed by atoms with Crippen molar-refractivity contribution in [2.75, 3.05) is 0 Å². The molecule has 12 heavy (non-hydrogen) atoms. The normalized spacial score (nSPS) is 11.0. The molecule has 0 aliphatic heterocycles. The van der Waals surface area contributed by atoms with Gasteiger partial charge in [0.1, 0.15) is 5.88 Å². The minimum Gasteiger partial charge on any atom is -0.338 e. The lowest BCUT2D eigenvalue weighted by Gasteiger charge is -1.98. The van der Waals surface area contributed by atoms with Gasteiger partial charge in [0.05, 0.1) is 5.75 Å². The van der Waals surface area contributed by atoms with Crippen LogP contribution in [0.2, 0.25) is 0 Å². The zero-order valence-corrected chi connectivity index (χ0v) is 8.65. The molecule has 0 aliphatic carbocycles. The molecule has 0 bridgehead atoms. The third-order valence-electron chi connectivity index (χ3n) is 1.17. The summed E-state index contributed by atoms with van der Waals surface area (Å²) in [7, 11) is 0. The second-order valence-corrected chi connectivity index (χ2v) is 4.43. The Morgan fingerprint density at radius 2 is 2.33 bits per heavy atom. The standard InChI is InChI=1S/C7H11ClN2OS/c1-5(2)12-4-6-9-7(3-8)11-10-6/h5H,3-4H2,1-2H3. The zero-order chi connectivity index (χ0) is 8.97. The molecule has 0 unspecified atom stereocenters. The minimum atomic E-state index is 0.291. The van der Waals surface area contributed by atoms with Crippen LogP contribution in [0.15, 0.2) is 4.52 Å². The molecule has 1 aromatic heterocycles. The average Bonchev–Trinajstić information content (AvgIpc) is 2.48. The van der Waals surface area contributed by atoms with Crippen molar-refractivity contribution < 1.29 is 4.52 Å². The third-order valence-corrected chi connectivity index (χ3v) is 2.49. The monoisotopic (exact) mass is 206 g/mol. The summed E-state index contributed by atoms with van der Waals surface area (Å²) < 4.78 is 4.84. The topological polar surface area (TPSA) is 38.9 Å². The van der Waals surface area contributed by atoms with Crippen molar-refractivity contribution >= 4 is 23.4 Å². The molecule has 0 atom stereocenters. The Labute approximate surface area is 80.9 Å². The van der Waals surface area contributed by atoms with Crippen molar-refractivity contribution in [1.29, 1.82) is 0 Å². The van der Waals surface area contributed by atoms with Crippen LogP contribution in [0.1, 0.15) is 25.6 Å². The van der Waals surface area contributed by atoms with E-state index in [0.717, 1.165) is 11.6 Å². The van der Waals surface area contributed by atoms with Crippen molar-refractivity contribution in [2.24, 2.45) is 0 Å². The quantitative estimate of drug-likeness (QED) is 0.710. The van der Waals surface area contributed by atoms with Crippen LogP contribution in [0.5, 0.6) is 0 Å². The van der Waals surface area contributed by atoms with Crippen LogP contribution >= 0.6 is 23.4 Å². The Kier molecular flexibility index (Phi) is 3.88. The average molecular weight is 207 g/mol. The first kappa shape index (κ1) is 9.86. The van der Waals surface area contributed by atoms with E-state index < -0.39 is 0 Å². The van der Waals surface area contributed by atoms with Crippen LogP contribution in [0.25, 0.3) is 0 Å². The van der Waals surface area contributed by atoms with E-state index in [2.05, 4.69) is 24.0 Å².